The van der Waals surface area contributed by atoms with Crippen molar-refractivity contribution in [3.05, 3.63) is 0 Å². The maximum absolute atomic E-state index is 13.7. The number of aliphatic carboxylic acids is 1. The van der Waals surface area contributed by atoms with Crippen LogP contribution in [0.2, 0.25) is 0 Å². The number of rotatable bonds is 2. The summed E-state index contributed by atoms with van der Waals surface area (Å²) in [6, 6.07) is 0. The minimum atomic E-state index is -0.630. The number of carbonyl (C=O) groups excluding carboxylic acids is 1. The highest BCUT2D eigenvalue weighted by molar-refractivity contribution is 5.77. The lowest BCUT2D eigenvalue weighted by molar-refractivity contribution is -0.268. The molecule has 5 fully saturated rings. The smallest absolute Gasteiger partial charge is 0.310 e. The van der Waals surface area contributed by atoms with E-state index in [0.29, 0.717) is 23.2 Å². The normalized spacial score (nSPS) is 53.7. The van der Waals surface area contributed by atoms with Crippen LogP contribution in [0.5, 0.6) is 0 Å². The van der Waals surface area contributed by atoms with E-state index in [1.165, 1.54) is 26.2 Å². The third kappa shape index (κ3) is 3.30. The number of ether oxygens (including phenoxy) is 1. The van der Waals surface area contributed by atoms with Crippen LogP contribution in [-0.4, -0.2) is 23.1 Å². The van der Waals surface area contributed by atoms with E-state index >= 15 is 0 Å². The molecule has 1 N–H and O–H groups in total. The number of carboxylic acids is 1. The standard InChI is InChI=1S/C32H52O4/c1-20-22(36-21(2)33)9-10-23-29(20,6)12-11-24-30(23,7)16-17-31(8)25-19-27(3,4)13-14-28(25,5)15-18-32(24,31)26(34)35/h20,22-25H,9-19H2,1-8H3,(H,34,35)/t20-,22-,23+,24-,25+,28+,29+,30-,31-,32+/m0/s1. The first-order valence-corrected chi connectivity index (χ1v) is 15.0. The van der Waals surface area contributed by atoms with Gasteiger partial charge in [-0.05, 0) is 121 Å². The molecule has 0 aliphatic heterocycles. The van der Waals surface area contributed by atoms with Crippen LogP contribution in [0.1, 0.15) is 126 Å². The van der Waals surface area contributed by atoms with Crippen molar-refractivity contribution >= 4 is 11.9 Å². The fourth-order valence-electron chi connectivity index (χ4n) is 11.8. The minimum Gasteiger partial charge on any atom is -0.481 e. The molecule has 0 spiro atoms. The summed E-state index contributed by atoms with van der Waals surface area (Å²) >= 11 is 0. The van der Waals surface area contributed by atoms with E-state index in [9.17, 15) is 14.7 Å². The molecule has 0 aromatic carbocycles. The molecule has 0 bridgehead atoms. The van der Waals surface area contributed by atoms with Gasteiger partial charge >= 0.3 is 11.9 Å². The van der Waals surface area contributed by atoms with Gasteiger partial charge in [-0.15, -0.1) is 0 Å². The number of carboxylic acid groups (broad SMARTS) is 1. The fraction of sp³-hybridized carbons (Fsp3) is 0.938. The van der Waals surface area contributed by atoms with Gasteiger partial charge in [-0.1, -0.05) is 48.5 Å². The van der Waals surface area contributed by atoms with Gasteiger partial charge in [0.1, 0.15) is 6.10 Å². The first kappa shape index (κ1) is 26.5. The van der Waals surface area contributed by atoms with Gasteiger partial charge < -0.3 is 9.84 Å². The van der Waals surface area contributed by atoms with Crippen molar-refractivity contribution < 1.29 is 19.4 Å². The quantitative estimate of drug-likeness (QED) is 0.392. The summed E-state index contributed by atoms with van der Waals surface area (Å²) < 4.78 is 5.80. The molecule has 5 aliphatic rings. The summed E-state index contributed by atoms with van der Waals surface area (Å²) in [5, 5.41) is 11.2. The first-order valence-electron chi connectivity index (χ1n) is 15.0. The van der Waals surface area contributed by atoms with Crippen LogP contribution in [0.3, 0.4) is 0 Å². The van der Waals surface area contributed by atoms with E-state index in [1.54, 1.807) is 0 Å². The molecule has 0 unspecified atom stereocenters. The lowest BCUT2D eigenvalue weighted by Crippen LogP contribution is -2.70. The molecule has 0 heterocycles. The molecule has 4 heteroatoms. The monoisotopic (exact) mass is 500 g/mol. The van der Waals surface area contributed by atoms with E-state index in [2.05, 4.69) is 48.5 Å². The second-order valence-corrected chi connectivity index (χ2v) is 15.9. The zero-order valence-corrected chi connectivity index (χ0v) is 24.3. The van der Waals surface area contributed by atoms with E-state index in [0.717, 1.165) is 51.4 Å². The summed E-state index contributed by atoms with van der Waals surface area (Å²) in [4.78, 5) is 25.5. The Morgan fingerprint density at radius 1 is 0.750 bits per heavy atom. The molecule has 0 amide bonds. The minimum absolute atomic E-state index is 0.00829. The van der Waals surface area contributed by atoms with Crippen LogP contribution in [-0.2, 0) is 14.3 Å². The maximum Gasteiger partial charge on any atom is 0.310 e. The molecule has 10 atom stereocenters. The average molecular weight is 501 g/mol. The van der Waals surface area contributed by atoms with Crippen LogP contribution < -0.4 is 0 Å². The molecule has 36 heavy (non-hydrogen) atoms. The Morgan fingerprint density at radius 3 is 2.06 bits per heavy atom. The van der Waals surface area contributed by atoms with Gasteiger partial charge in [0.05, 0.1) is 5.41 Å². The fourth-order valence-corrected chi connectivity index (χ4v) is 11.8. The molecule has 0 aromatic heterocycles. The lowest BCUT2D eigenvalue weighted by atomic mass is 9.29. The Balaban J connectivity index is 1.56. The maximum atomic E-state index is 13.7. The summed E-state index contributed by atoms with van der Waals surface area (Å²) in [5.41, 5.74) is -0.0931. The third-order valence-electron chi connectivity index (χ3n) is 14.0. The van der Waals surface area contributed by atoms with E-state index in [4.69, 9.17) is 4.74 Å². The van der Waals surface area contributed by atoms with Gasteiger partial charge in [-0.3, -0.25) is 9.59 Å². The van der Waals surface area contributed by atoms with Crippen LogP contribution in [0.4, 0.5) is 0 Å². The Hall–Kier alpha value is -1.06. The molecule has 5 rings (SSSR count). The van der Waals surface area contributed by atoms with Gasteiger partial charge in [0.2, 0.25) is 0 Å². The summed E-state index contributed by atoms with van der Waals surface area (Å²) in [6.45, 7) is 18.5. The Labute approximate surface area is 219 Å². The summed E-state index contributed by atoms with van der Waals surface area (Å²) in [6.07, 6.45) is 11.8. The average Bonchev–Trinajstić information content (AvgIpc) is 2.77. The van der Waals surface area contributed by atoms with Crippen LogP contribution in [0, 0.1) is 56.2 Å². The molecule has 5 saturated carbocycles. The van der Waals surface area contributed by atoms with Crippen molar-refractivity contribution in [2.24, 2.45) is 56.2 Å². The topological polar surface area (TPSA) is 63.6 Å². The molecule has 5 aliphatic carbocycles. The third-order valence-corrected chi connectivity index (χ3v) is 14.0. The second kappa shape index (κ2) is 7.98. The molecular weight excluding hydrogens is 448 g/mol. The van der Waals surface area contributed by atoms with Gasteiger partial charge in [-0.25, -0.2) is 0 Å². The molecule has 4 nitrogen and oxygen atoms in total. The Morgan fingerprint density at radius 2 is 1.42 bits per heavy atom. The van der Waals surface area contributed by atoms with Crippen LogP contribution in [0.25, 0.3) is 0 Å². The SMILES string of the molecule is CC(=O)O[C@H]1CC[C@@H]2[C@](C)(CC[C@H]3[C@@]2(C)CC[C@@]2(C)[C@@H]4CC(C)(C)CC[C@]4(C)CC[C@]32C(=O)O)[C@H]1C. The van der Waals surface area contributed by atoms with Gasteiger partial charge in [0.25, 0.3) is 0 Å². The Bertz CT molecular complexity index is 940. The van der Waals surface area contributed by atoms with Crippen molar-refractivity contribution in [3.63, 3.8) is 0 Å². The molecule has 204 valence electrons. The highest BCUT2D eigenvalue weighted by Gasteiger charge is 2.75. The van der Waals surface area contributed by atoms with E-state index in [1.807, 2.05) is 0 Å². The number of carbonyl (C=O) groups is 2. The predicted octanol–water partition coefficient (Wildman–Crippen LogP) is 7.88. The highest BCUT2D eigenvalue weighted by atomic mass is 16.5. The largest absolute Gasteiger partial charge is 0.481 e. The van der Waals surface area contributed by atoms with Crippen molar-refractivity contribution in [3.8, 4) is 0 Å². The summed E-state index contributed by atoms with van der Waals surface area (Å²) in [5.74, 6) is 0.828. The van der Waals surface area contributed by atoms with Gasteiger partial charge in [0.15, 0.2) is 0 Å². The summed E-state index contributed by atoms with van der Waals surface area (Å²) in [7, 11) is 0. The Kier molecular flexibility index (Phi) is 5.88. The molecule has 0 aromatic rings. The van der Waals surface area contributed by atoms with Crippen molar-refractivity contribution in [2.45, 2.75) is 132 Å². The first-order chi connectivity index (χ1) is 16.6. The van der Waals surface area contributed by atoms with Gasteiger partial charge in [-0.2, -0.15) is 0 Å². The van der Waals surface area contributed by atoms with Gasteiger partial charge in [0, 0.05) is 6.92 Å². The van der Waals surface area contributed by atoms with Crippen molar-refractivity contribution in [1.29, 1.82) is 0 Å². The zero-order valence-electron chi connectivity index (χ0n) is 24.3. The van der Waals surface area contributed by atoms with Crippen molar-refractivity contribution in [2.75, 3.05) is 0 Å². The lowest BCUT2D eigenvalue weighted by Gasteiger charge is -2.74. The van der Waals surface area contributed by atoms with Crippen LogP contribution >= 0.6 is 0 Å². The number of hydrogen-bond donors (Lipinski definition) is 1. The van der Waals surface area contributed by atoms with Crippen LogP contribution in [0.15, 0.2) is 0 Å². The number of hydrogen-bond acceptors (Lipinski definition) is 3. The number of fused-ring (bicyclic) bond motifs is 7. The van der Waals surface area contributed by atoms with E-state index in [-0.39, 0.29) is 39.7 Å². The number of esters is 1. The van der Waals surface area contributed by atoms with Crippen molar-refractivity contribution in [1.82, 2.24) is 0 Å². The highest BCUT2D eigenvalue weighted by Crippen LogP contribution is 2.78. The molecule has 0 saturated heterocycles. The predicted molar refractivity (Wildman–Crippen MR) is 142 cm³/mol. The molecular formula is C32H52O4. The zero-order chi connectivity index (χ0) is 26.5. The van der Waals surface area contributed by atoms with E-state index < -0.39 is 11.4 Å². The molecule has 0 radical (unpaired) electrons. The second-order valence-electron chi connectivity index (χ2n) is 15.9.